The molecule has 9 nitrogen and oxygen atoms in total. The van der Waals surface area contributed by atoms with E-state index in [1.54, 1.807) is 78.9 Å². The minimum absolute atomic E-state index is 0.0145. The molecule has 1 amide bonds. The fourth-order valence-electron chi connectivity index (χ4n) is 4.86. The van der Waals surface area contributed by atoms with Crippen LogP contribution >= 0.6 is 23.2 Å². The van der Waals surface area contributed by atoms with E-state index >= 15 is 0 Å². The third-order valence-electron chi connectivity index (χ3n) is 7.22. The largest absolute Gasteiger partial charge is 0.494 e. The molecule has 1 heterocycles. The topological polar surface area (TPSA) is 126 Å². The molecule has 0 radical (unpaired) electrons. The molecular formula is C33H31Cl2N3O6S. The van der Waals surface area contributed by atoms with Crippen LogP contribution in [0.5, 0.6) is 5.75 Å². The molecule has 0 bridgehead atoms. The van der Waals surface area contributed by atoms with E-state index in [9.17, 15) is 13.2 Å². The van der Waals surface area contributed by atoms with Gasteiger partial charge in [0, 0.05) is 40.6 Å². The number of ether oxygens (including phenoxy) is 2. The summed E-state index contributed by atoms with van der Waals surface area (Å²) >= 11 is 12.9. The van der Waals surface area contributed by atoms with Gasteiger partial charge in [0.25, 0.3) is 5.91 Å². The third kappa shape index (κ3) is 7.59. The lowest BCUT2D eigenvalue weighted by atomic mass is 9.85. The number of amides is 1. The Hall–Kier alpha value is -4.09. The van der Waals surface area contributed by atoms with Crippen LogP contribution in [0.3, 0.4) is 0 Å². The molecule has 1 aliphatic heterocycles. The van der Waals surface area contributed by atoms with Crippen molar-refractivity contribution < 1.29 is 27.8 Å². The smallest absolute Gasteiger partial charge is 0.270 e. The first-order chi connectivity index (χ1) is 21.7. The maximum absolute atomic E-state index is 14.3. The Morgan fingerprint density at radius 3 is 2.31 bits per heavy atom. The fraction of sp³-hybridized carbons (Fsp3) is 0.212. The van der Waals surface area contributed by atoms with Gasteiger partial charge < -0.3 is 14.6 Å². The molecule has 0 aromatic heterocycles. The Kier molecular flexibility index (Phi) is 10.3. The Morgan fingerprint density at radius 2 is 1.64 bits per heavy atom. The lowest BCUT2D eigenvalue weighted by Gasteiger charge is -2.31. The number of aliphatic hydroxyl groups is 1. The minimum Gasteiger partial charge on any atom is -0.494 e. The van der Waals surface area contributed by atoms with Gasteiger partial charge in [0.2, 0.25) is 5.90 Å². The number of carbonyl (C=O) groups excluding carboxylic acids is 1. The number of carbonyl (C=O) groups is 1. The van der Waals surface area contributed by atoms with Gasteiger partial charge in [0.05, 0.1) is 22.9 Å². The lowest BCUT2D eigenvalue weighted by Crippen LogP contribution is -2.51. The highest BCUT2D eigenvalue weighted by Gasteiger charge is 2.54. The van der Waals surface area contributed by atoms with Crippen LogP contribution in [0.1, 0.15) is 30.1 Å². The molecule has 0 aliphatic carbocycles. The summed E-state index contributed by atoms with van der Waals surface area (Å²) in [7, 11) is -3.82. The van der Waals surface area contributed by atoms with Gasteiger partial charge in [-0.3, -0.25) is 15.6 Å². The minimum atomic E-state index is -3.82. The maximum Gasteiger partial charge on any atom is 0.270 e. The molecule has 234 valence electrons. The van der Waals surface area contributed by atoms with Crippen molar-refractivity contribution in [3.63, 3.8) is 0 Å². The van der Waals surface area contributed by atoms with Crippen molar-refractivity contribution in [3.05, 3.63) is 124 Å². The van der Waals surface area contributed by atoms with E-state index in [-0.39, 0.29) is 28.8 Å². The van der Waals surface area contributed by atoms with Gasteiger partial charge >= 0.3 is 0 Å². The molecule has 1 aliphatic rings. The molecule has 0 saturated carbocycles. The summed E-state index contributed by atoms with van der Waals surface area (Å²) in [6.45, 7) is 0.360. The molecule has 0 saturated heterocycles. The van der Waals surface area contributed by atoms with Gasteiger partial charge in [0.1, 0.15) is 5.75 Å². The summed E-state index contributed by atoms with van der Waals surface area (Å²) < 4.78 is 39.0. The number of benzene rings is 4. The number of hydrogen-bond donors (Lipinski definition) is 3. The highest BCUT2D eigenvalue weighted by Crippen LogP contribution is 2.45. The number of aliphatic hydroxyl groups excluding tert-OH is 1. The number of sulfone groups is 1. The zero-order valence-electron chi connectivity index (χ0n) is 24.0. The fourth-order valence-corrected chi connectivity index (χ4v) is 6.75. The average Bonchev–Trinajstić information content (AvgIpc) is 3.44. The predicted octanol–water partition coefficient (Wildman–Crippen LogP) is 6.02. The Labute approximate surface area is 271 Å². The van der Waals surface area contributed by atoms with E-state index in [1.165, 1.54) is 18.2 Å². The van der Waals surface area contributed by atoms with Crippen LogP contribution in [0.15, 0.2) is 113 Å². The highest BCUT2D eigenvalue weighted by molar-refractivity contribution is 7.91. The summed E-state index contributed by atoms with van der Waals surface area (Å²) in [5.74, 6) is -0.326. The van der Waals surface area contributed by atoms with Gasteiger partial charge in [-0.05, 0) is 60.7 Å². The van der Waals surface area contributed by atoms with Crippen LogP contribution in [0.25, 0.3) is 0 Å². The van der Waals surface area contributed by atoms with Crippen LogP contribution < -0.4 is 15.6 Å². The number of rotatable bonds is 13. The third-order valence-corrected chi connectivity index (χ3v) is 9.52. The van der Waals surface area contributed by atoms with Gasteiger partial charge in [-0.1, -0.05) is 65.7 Å². The number of hydrazine groups is 1. The monoisotopic (exact) mass is 667 g/mol. The summed E-state index contributed by atoms with van der Waals surface area (Å²) in [5.41, 5.74) is 5.40. The molecule has 12 heteroatoms. The van der Waals surface area contributed by atoms with E-state index < -0.39 is 33.1 Å². The summed E-state index contributed by atoms with van der Waals surface area (Å²) in [4.78, 5) is 19.2. The summed E-state index contributed by atoms with van der Waals surface area (Å²) in [6.07, 6.45) is -0.856. The van der Waals surface area contributed by atoms with Crippen LogP contribution in [-0.4, -0.2) is 49.8 Å². The molecule has 4 aromatic carbocycles. The van der Waals surface area contributed by atoms with Crippen molar-refractivity contribution in [3.8, 4) is 5.75 Å². The van der Waals surface area contributed by atoms with Gasteiger partial charge in [-0.2, -0.15) is 0 Å². The molecule has 2 atom stereocenters. The van der Waals surface area contributed by atoms with Gasteiger partial charge in [-0.25, -0.2) is 13.4 Å². The van der Waals surface area contributed by atoms with E-state index in [0.29, 0.717) is 40.6 Å². The van der Waals surface area contributed by atoms with Crippen molar-refractivity contribution in [1.29, 1.82) is 0 Å². The number of hydrogen-bond acceptors (Lipinski definition) is 8. The Morgan fingerprint density at radius 1 is 0.956 bits per heavy atom. The van der Waals surface area contributed by atoms with E-state index in [4.69, 9.17) is 42.8 Å². The molecule has 5 rings (SSSR count). The van der Waals surface area contributed by atoms with Gasteiger partial charge in [0.15, 0.2) is 21.5 Å². The zero-order valence-corrected chi connectivity index (χ0v) is 26.4. The first kappa shape index (κ1) is 32.3. The molecule has 0 unspecified atom stereocenters. The Balaban J connectivity index is 1.57. The van der Waals surface area contributed by atoms with Crippen molar-refractivity contribution >= 4 is 50.5 Å². The van der Waals surface area contributed by atoms with Crippen LogP contribution in [-0.2, 0) is 19.4 Å². The molecule has 4 aromatic rings. The first-order valence-corrected chi connectivity index (χ1v) is 16.6. The molecule has 0 spiro atoms. The summed E-state index contributed by atoms with van der Waals surface area (Å²) in [5, 5.41) is 9.65. The second kappa shape index (κ2) is 14.3. The number of para-hydroxylation sites is 1. The molecule has 0 fully saturated rings. The number of halogens is 2. The molecule has 45 heavy (non-hydrogen) atoms. The number of nitrogens with zero attached hydrogens (tertiary/aromatic N) is 1. The predicted molar refractivity (Wildman–Crippen MR) is 175 cm³/mol. The van der Waals surface area contributed by atoms with Crippen LogP contribution in [0.4, 0.5) is 5.69 Å². The maximum atomic E-state index is 14.3. The summed E-state index contributed by atoms with van der Waals surface area (Å²) in [6, 6.07) is 28.7. The normalized spacial score (nSPS) is 17.7. The van der Waals surface area contributed by atoms with Gasteiger partial charge in [-0.15, -0.1) is 0 Å². The molecule has 3 N–H and O–H groups in total. The number of anilines is 1. The standard InChI is InChI=1S/C33H31Cl2N3O6S/c34-24-14-17-28(29(35)22-24)30-33(32(40)38-37-25-8-3-1-4-9-25,18-21-45(41,42)27-10-5-2-6-11-27)36-31(44-30)23-12-15-26(16-13-23)43-20-7-19-39/h1-6,8-17,22,30,37,39H,7,18-21H2,(H,38,40)/t30-,33-/m0/s1. The first-order valence-electron chi connectivity index (χ1n) is 14.2. The lowest BCUT2D eigenvalue weighted by molar-refractivity contribution is -0.128. The van der Waals surface area contributed by atoms with E-state index in [1.807, 2.05) is 6.07 Å². The van der Waals surface area contributed by atoms with Crippen molar-refractivity contribution in [2.24, 2.45) is 4.99 Å². The molecular weight excluding hydrogens is 637 g/mol. The van der Waals surface area contributed by atoms with E-state index in [0.717, 1.165) is 0 Å². The second-order valence-electron chi connectivity index (χ2n) is 10.3. The average molecular weight is 669 g/mol. The van der Waals surface area contributed by atoms with Crippen LogP contribution in [0.2, 0.25) is 10.0 Å². The van der Waals surface area contributed by atoms with Crippen molar-refractivity contribution in [2.45, 2.75) is 29.4 Å². The highest BCUT2D eigenvalue weighted by atomic mass is 35.5. The SMILES string of the molecule is O=C(NNc1ccccc1)[C@@]1(CCS(=O)(=O)c2ccccc2)N=C(c2ccc(OCCCO)cc2)O[C@H]1c1ccc(Cl)cc1Cl. The second-order valence-corrected chi connectivity index (χ2v) is 13.2. The van der Waals surface area contributed by atoms with E-state index in [2.05, 4.69) is 10.9 Å². The van der Waals surface area contributed by atoms with Crippen molar-refractivity contribution in [1.82, 2.24) is 5.43 Å². The number of nitrogens with one attached hydrogen (secondary N) is 2. The quantitative estimate of drug-likeness (QED) is 0.118. The number of aliphatic imine (C=N–C) groups is 1. The zero-order chi connectivity index (χ0) is 31.9. The van der Waals surface area contributed by atoms with Crippen LogP contribution in [0, 0.1) is 0 Å². The Bertz CT molecular complexity index is 1760. The van der Waals surface area contributed by atoms with Crippen molar-refractivity contribution in [2.75, 3.05) is 24.4 Å².